The third-order valence-electron chi connectivity index (χ3n) is 4.79. The third-order valence-corrected chi connectivity index (χ3v) is 6.30. The van der Waals surface area contributed by atoms with E-state index in [2.05, 4.69) is 19.2 Å². The molecule has 1 saturated heterocycles. The van der Waals surface area contributed by atoms with Crippen molar-refractivity contribution in [3.8, 4) is 0 Å². The second-order valence-electron chi connectivity index (χ2n) is 7.14. The van der Waals surface area contributed by atoms with Crippen LogP contribution in [0.15, 0.2) is 23.1 Å². The smallest absolute Gasteiger partial charge is 0.238 e. The number of hydrogen-bond donors (Lipinski definition) is 2. The molecule has 1 aromatic carbocycles. The summed E-state index contributed by atoms with van der Waals surface area (Å²) in [6, 6.07) is 5.50. The summed E-state index contributed by atoms with van der Waals surface area (Å²) < 4.78 is 0. The predicted molar refractivity (Wildman–Crippen MR) is 105 cm³/mol. The van der Waals surface area contributed by atoms with Crippen molar-refractivity contribution in [2.24, 2.45) is 11.1 Å². The van der Waals surface area contributed by atoms with Gasteiger partial charge in [0, 0.05) is 35.5 Å². The fourth-order valence-corrected chi connectivity index (χ4v) is 4.39. The zero-order valence-electron chi connectivity index (χ0n) is 14.3. The van der Waals surface area contributed by atoms with Crippen LogP contribution in [0.2, 0.25) is 5.02 Å². The summed E-state index contributed by atoms with van der Waals surface area (Å²) >= 11 is 7.38. The molecule has 1 fully saturated rings. The quantitative estimate of drug-likeness (QED) is 0.794. The van der Waals surface area contributed by atoms with Gasteiger partial charge in [0.05, 0.1) is 10.9 Å². The molecule has 2 amide bonds. The van der Waals surface area contributed by atoms with E-state index < -0.39 is 5.25 Å². The topological polar surface area (TPSA) is 75.4 Å². The van der Waals surface area contributed by atoms with E-state index in [1.807, 2.05) is 11.0 Å². The van der Waals surface area contributed by atoms with E-state index in [9.17, 15) is 9.59 Å². The second kappa shape index (κ2) is 7.74. The Morgan fingerprint density at radius 3 is 2.88 bits per heavy atom. The van der Waals surface area contributed by atoms with Gasteiger partial charge in [-0.25, -0.2) is 0 Å². The Morgan fingerprint density at radius 2 is 2.20 bits per heavy atom. The van der Waals surface area contributed by atoms with Gasteiger partial charge in [-0.1, -0.05) is 25.4 Å². The number of carbonyl (C=O) groups excluding carboxylic acids is 2. The summed E-state index contributed by atoms with van der Waals surface area (Å²) in [4.78, 5) is 27.7. The van der Waals surface area contributed by atoms with Crippen LogP contribution in [0.3, 0.4) is 0 Å². The number of piperidine rings is 1. The molecule has 2 atom stereocenters. The average molecular weight is 404 g/mol. The minimum absolute atomic E-state index is 0. The van der Waals surface area contributed by atoms with Crippen molar-refractivity contribution in [3.05, 3.63) is 23.2 Å². The molecule has 0 bridgehead atoms. The number of nitrogens with two attached hydrogens (primary N) is 1. The van der Waals surface area contributed by atoms with Crippen LogP contribution < -0.4 is 11.1 Å². The van der Waals surface area contributed by atoms with Crippen molar-refractivity contribution in [2.75, 3.05) is 18.4 Å². The fraction of sp³-hybridized carbons (Fsp3) is 0.529. The first-order valence-electron chi connectivity index (χ1n) is 8.07. The Labute approximate surface area is 163 Å². The number of thioether (sulfide) groups is 1. The highest BCUT2D eigenvalue weighted by Crippen LogP contribution is 2.38. The van der Waals surface area contributed by atoms with Crippen LogP contribution in [0.5, 0.6) is 0 Å². The number of fused-ring (bicyclic) bond motifs is 1. The van der Waals surface area contributed by atoms with Crippen LogP contribution >= 0.6 is 35.8 Å². The summed E-state index contributed by atoms with van der Waals surface area (Å²) in [5, 5.41) is 3.01. The molecule has 25 heavy (non-hydrogen) atoms. The molecular weight excluding hydrogens is 381 g/mol. The number of carbonyl (C=O) groups is 2. The van der Waals surface area contributed by atoms with E-state index >= 15 is 0 Å². The molecule has 3 N–H and O–H groups in total. The average Bonchev–Trinajstić information content (AvgIpc) is 2.50. The number of rotatable bonds is 2. The number of amides is 2. The molecule has 0 aromatic heterocycles. The number of nitrogens with zero attached hydrogens (tertiary/aromatic N) is 1. The van der Waals surface area contributed by atoms with Crippen LogP contribution in [-0.2, 0) is 9.59 Å². The van der Waals surface area contributed by atoms with Gasteiger partial charge in [-0.15, -0.1) is 24.2 Å². The van der Waals surface area contributed by atoms with Crippen molar-refractivity contribution in [1.29, 1.82) is 0 Å². The first-order valence-corrected chi connectivity index (χ1v) is 9.32. The maximum atomic E-state index is 12.6. The molecule has 2 unspecified atom stereocenters. The Bertz CT molecular complexity index is 684. The lowest BCUT2D eigenvalue weighted by molar-refractivity contribution is -0.135. The summed E-state index contributed by atoms with van der Waals surface area (Å²) in [6.07, 6.45) is 0.994. The maximum Gasteiger partial charge on any atom is 0.238 e. The molecule has 0 saturated carbocycles. The molecule has 2 heterocycles. The number of benzene rings is 1. The summed E-state index contributed by atoms with van der Waals surface area (Å²) in [7, 11) is 0. The monoisotopic (exact) mass is 403 g/mol. The Balaban J connectivity index is 0.00000225. The molecule has 0 radical (unpaired) electrons. The highest BCUT2D eigenvalue weighted by Gasteiger charge is 2.37. The number of nitrogens with one attached hydrogen (secondary N) is 1. The van der Waals surface area contributed by atoms with Gasteiger partial charge in [0.1, 0.15) is 0 Å². The zero-order chi connectivity index (χ0) is 17.5. The van der Waals surface area contributed by atoms with Gasteiger partial charge in [-0.05, 0) is 30.0 Å². The highest BCUT2D eigenvalue weighted by molar-refractivity contribution is 8.01. The molecule has 0 aliphatic carbocycles. The summed E-state index contributed by atoms with van der Waals surface area (Å²) in [5.41, 5.74) is 6.75. The van der Waals surface area contributed by atoms with E-state index in [4.69, 9.17) is 17.3 Å². The van der Waals surface area contributed by atoms with Crippen LogP contribution in [0.4, 0.5) is 5.69 Å². The number of anilines is 1. The predicted octanol–water partition coefficient (Wildman–Crippen LogP) is 3.15. The largest absolute Gasteiger partial charge is 0.342 e. The van der Waals surface area contributed by atoms with Gasteiger partial charge >= 0.3 is 0 Å². The van der Waals surface area contributed by atoms with E-state index in [1.54, 1.807) is 12.1 Å². The Kier molecular flexibility index (Phi) is 6.30. The van der Waals surface area contributed by atoms with Crippen LogP contribution in [0.1, 0.15) is 26.7 Å². The SMILES string of the molecule is CC1(C)CN(C(=O)CC2Sc3ccc(Cl)cc3NC2=O)CCC1N.Cl. The molecule has 5 nitrogen and oxygen atoms in total. The molecule has 0 spiro atoms. The lowest BCUT2D eigenvalue weighted by Crippen LogP contribution is -2.54. The second-order valence-corrected chi connectivity index (χ2v) is 8.82. The van der Waals surface area contributed by atoms with E-state index in [0.717, 1.165) is 11.3 Å². The van der Waals surface area contributed by atoms with Crippen molar-refractivity contribution in [1.82, 2.24) is 4.90 Å². The van der Waals surface area contributed by atoms with Gasteiger partial charge in [-0.3, -0.25) is 9.59 Å². The molecule has 3 rings (SSSR count). The van der Waals surface area contributed by atoms with Gasteiger partial charge in [0.15, 0.2) is 0 Å². The highest BCUT2D eigenvalue weighted by atomic mass is 35.5. The first kappa shape index (κ1) is 20.4. The van der Waals surface area contributed by atoms with E-state index in [-0.39, 0.29) is 42.1 Å². The number of likely N-dealkylation sites (tertiary alicyclic amines) is 1. The van der Waals surface area contributed by atoms with Crippen molar-refractivity contribution in [3.63, 3.8) is 0 Å². The van der Waals surface area contributed by atoms with Crippen LogP contribution in [0.25, 0.3) is 0 Å². The Hall–Kier alpha value is -0.950. The summed E-state index contributed by atoms with van der Waals surface area (Å²) in [5.74, 6) is -0.129. The summed E-state index contributed by atoms with van der Waals surface area (Å²) in [6.45, 7) is 5.46. The molecular formula is C17H23Cl2N3O2S. The molecule has 138 valence electrons. The van der Waals surface area contributed by atoms with E-state index in [1.165, 1.54) is 11.8 Å². The molecule has 8 heteroatoms. The molecule has 2 aliphatic heterocycles. The van der Waals surface area contributed by atoms with Crippen molar-refractivity contribution < 1.29 is 9.59 Å². The van der Waals surface area contributed by atoms with Crippen LogP contribution in [-0.4, -0.2) is 41.1 Å². The first-order chi connectivity index (χ1) is 11.3. The zero-order valence-corrected chi connectivity index (χ0v) is 16.6. The minimum Gasteiger partial charge on any atom is -0.342 e. The van der Waals surface area contributed by atoms with Crippen molar-refractivity contribution >= 4 is 53.3 Å². The standard InChI is InChI=1S/C17H22ClN3O2S.ClH/c1-17(2)9-21(6-5-14(17)19)15(22)8-13-16(23)20-11-7-10(18)3-4-12(11)24-13;/h3-4,7,13-14H,5-6,8-9,19H2,1-2H3,(H,20,23);1H. The minimum atomic E-state index is -0.412. The van der Waals surface area contributed by atoms with Gasteiger partial charge in [0.2, 0.25) is 11.8 Å². The molecule has 2 aliphatic rings. The van der Waals surface area contributed by atoms with Crippen molar-refractivity contribution in [2.45, 2.75) is 42.9 Å². The van der Waals surface area contributed by atoms with Gasteiger partial charge in [0.25, 0.3) is 0 Å². The lowest BCUT2D eigenvalue weighted by Gasteiger charge is -2.43. The van der Waals surface area contributed by atoms with Gasteiger partial charge in [-0.2, -0.15) is 0 Å². The maximum absolute atomic E-state index is 12.6. The lowest BCUT2D eigenvalue weighted by atomic mass is 9.79. The third kappa shape index (κ3) is 4.42. The number of halogens is 2. The van der Waals surface area contributed by atoms with Gasteiger partial charge < -0.3 is 16.0 Å². The van der Waals surface area contributed by atoms with E-state index in [0.29, 0.717) is 23.8 Å². The normalized spacial score (nSPS) is 24.8. The number of hydrogen-bond acceptors (Lipinski definition) is 4. The Morgan fingerprint density at radius 1 is 1.48 bits per heavy atom. The fourth-order valence-electron chi connectivity index (χ4n) is 3.13. The van der Waals surface area contributed by atoms with Crippen LogP contribution in [0, 0.1) is 5.41 Å². The molecule has 1 aromatic rings.